The van der Waals surface area contributed by atoms with Crippen molar-refractivity contribution < 1.29 is 10.2 Å². The van der Waals surface area contributed by atoms with Gasteiger partial charge >= 0.3 is 0 Å². The summed E-state index contributed by atoms with van der Waals surface area (Å²) < 4.78 is 0. The fourth-order valence-electron chi connectivity index (χ4n) is 4.92. The lowest BCUT2D eigenvalue weighted by Gasteiger charge is -2.59. The van der Waals surface area contributed by atoms with Gasteiger partial charge in [-0.25, -0.2) is 0 Å². The highest BCUT2D eigenvalue weighted by Crippen LogP contribution is 2.59. The Bertz CT molecular complexity index is 455. The molecule has 1 unspecified atom stereocenters. The fraction of sp³-hybridized carbons (Fsp3) is 0.900. The number of rotatable bonds is 4. The molecule has 134 valence electrons. The van der Waals surface area contributed by atoms with Crippen molar-refractivity contribution in [1.82, 2.24) is 0 Å². The fourth-order valence-corrected chi connectivity index (χ4v) is 5.69. The van der Waals surface area contributed by atoms with Crippen molar-refractivity contribution in [3.8, 4) is 0 Å². The van der Waals surface area contributed by atoms with Crippen LogP contribution in [-0.4, -0.2) is 26.2 Å². The van der Waals surface area contributed by atoms with Crippen molar-refractivity contribution in [2.24, 2.45) is 17.3 Å². The van der Waals surface area contributed by atoms with Crippen molar-refractivity contribution >= 4 is 15.9 Å². The summed E-state index contributed by atoms with van der Waals surface area (Å²) in [6.07, 6.45) is 8.74. The molecule has 2 rings (SSSR count). The quantitative estimate of drug-likeness (QED) is 0.513. The molecule has 0 radical (unpaired) electrons. The Kier molecular flexibility index (Phi) is 5.76. The molecule has 23 heavy (non-hydrogen) atoms. The van der Waals surface area contributed by atoms with Crippen LogP contribution in [0.5, 0.6) is 0 Å². The minimum Gasteiger partial charge on any atom is -0.390 e. The van der Waals surface area contributed by atoms with E-state index in [1.54, 1.807) is 0 Å². The van der Waals surface area contributed by atoms with Gasteiger partial charge in [0.1, 0.15) is 0 Å². The third-order valence-corrected chi connectivity index (χ3v) is 8.39. The van der Waals surface area contributed by atoms with Gasteiger partial charge in [-0.15, -0.1) is 0 Å². The Hall–Kier alpha value is 0.140. The summed E-state index contributed by atoms with van der Waals surface area (Å²) in [7, 11) is 0. The Balaban J connectivity index is 2.13. The molecule has 0 aromatic carbocycles. The first kappa shape index (κ1) is 19.5. The van der Waals surface area contributed by atoms with Gasteiger partial charge in [0.15, 0.2) is 0 Å². The molecular formula is C20H35BrO2. The van der Waals surface area contributed by atoms with E-state index in [0.717, 1.165) is 44.9 Å². The average Bonchev–Trinajstić information content (AvgIpc) is 2.45. The summed E-state index contributed by atoms with van der Waals surface area (Å²) in [6.45, 7) is 10.7. The van der Waals surface area contributed by atoms with Crippen molar-refractivity contribution in [3.63, 3.8) is 0 Å². The standard InChI is InChI=1S/C20H35BrO2/c1-14(2)7-6-8-15(3)20(23)12-11-18(4)16(13-20)19(5,22)10-9-17(18)21/h7,15-17,22-23H,6,8-13H2,1-5H3/t15?,16-,17-,18-,19+,20-/m0/s1. The molecule has 0 amide bonds. The summed E-state index contributed by atoms with van der Waals surface area (Å²) in [5.74, 6) is 0.437. The van der Waals surface area contributed by atoms with Crippen LogP contribution in [0.3, 0.4) is 0 Å². The molecule has 6 atom stereocenters. The number of alkyl halides is 1. The minimum absolute atomic E-state index is 0.0909. The van der Waals surface area contributed by atoms with Crippen LogP contribution in [0.15, 0.2) is 11.6 Å². The van der Waals surface area contributed by atoms with E-state index < -0.39 is 11.2 Å². The van der Waals surface area contributed by atoms with Gasteiger partial charge < -0.3 is 10.2 Å². The molecule has 2 aliphatic rings. The minimum atomic E-state index is -0.660. The topological polar surface area (TPSA) is 40.5 Å². The van der Waals surface area contributed by atoms with Gasteiger partial charge in [0.25, 0.3) is 0 Å². The average molecular weight is 387 g/mol. The molecule has 0 bridgehead atoms. The molecule has 0 spiro atoms. The SMILES string of the molecule is CC(C)=CCCC(C)[C@]1(O)CC[C@]2(C)[C@@H](Br)CC[C@@](C)(O)[C@H]2C1. The molecule has 0 saturated heterocycles. The highest BCUT2D eigenvalue weighted by Gasteiger charge is 2.58. The van der Waals surface area contributed by atoms with Gasteiger partial charge in [-0.3, -0.25) is 0 Å². The predicted molar refractivity (Wildman–Crippen MR) is 101 cm³/mol. The van der Waals surface area contributed by atoms with Crippen LogP contribution in [-0.2, 0) is 0 Å². The zero-order chi connectivity index (χ0) is 17.5. The van der Waals surface area contributed by atoms with Gasteiger partial charge in [0.2, 0.25) is 0 Å². The second-order valence-electron chi connectivity index (χ2n) is 8.99. The lowest BCUT2D eigenvalue weighted by molar-refractivity contribution is -0.172. The molecule has 0 aromatic heterocycles. The van der Waals surface area contributed by atoms with Crippen LogP contribution in [0.1, 0.15) is 79.6 Å². The molecule has 0 aliphatic heterocycles. The van der Waals surface area contributed by atoms with Crippen molar-refractivity contribution in [3.05, 3.63) is 11.6 Å². The van der Waals surface area contributed by atoms with Gasteiger partial charge in [0, 0.05) is 4.83 Å². The van der Waals surface area contributed by atoms with E-state index in [1.165, 1.54) is 5.57 Å². The van der Waals surface area contributed by atoms with Crippen LogP contribution < -0.4 is 0 Å². The van der Waals surface area contributed by atoms with Gasteiger partial charge in [-0.2, -0.15) is 0 Å². The molecule has 0 aromatic rings. The number of allylic oxidation sites excluding steroid dienone is 2. The van der Waals surface area contributed by atoms with E-state index in [9.17, 15) is 10.2 Å². The smallest absolute Gasteiger partial charge is 0.0677 e. The zero-order valence-corrected chi connectivity index (χ0v) is 17.1. The third-order valence-electron chi connectivity index (χ3n) is 6.89. The lowest BCUT2D eigenvalue weighted by Crippen LogP contribution is -2.60. The molecule has 2 aliphatic carbocycles. The zero-order valence-electron chi connectivity index (χ0n) is 15.5. The molecule has 2 fully saturated rings. The monoisotopic (exact) mass is 386 g/mol. The van der Waals surface area contributed by atoms with Gasteiger partial charge in [-0.1, -0.05) is 41.4 Å². The summed E-state index contributed by atoms with van der Waals surface area (Å²) in [5.41, 5.74) is 0.145. The van der Waals surface area contributed by atoms with Crippen LogP contribution in [0.2, 0.25) is 0 Å². The predicted octanol–water partition coefficient (Wildman–Crippen LogP) is 5.21. The Morgan fingerprint density at radius 1 is 1.22 bits per heavy atom. The summed E-state index contributed by atoms with van der Waals surface area (Å²) >= 11 is 3.87. The van der Waals surface area contributed by atoms with Gasteiger partial charge in [0.05, 0.1) is 11.2 Å². The van der Waals surface area contributed by atoms with Crippen LogP contribution in [0, 0.1) is 17.3 Å². The van der Waals surface area contributed by atoms with E-state index in [0.29, 0.717) is 4.83 Å². The first-order valence-electron chi connectivity index (χ1n) is 9.23. The van der Waals surface area contributed by atoms with E-state index >= 15 is 0 Å². The van der Waals surface area contributed by atoms with E-state index in [-0.39, 0.29) is 17.3 Å². The summed E-state index contributed by atoms with van der Waals surface area (Å²) in [4.78, 5) is 0.450. The Labute approximate surface area is 150 Å². The molecule has 0 heterocycles. The number of aliphatic hydroxyl groups is 2. The summed E-state index contributed by atoms with van der Waals surface area (Å²) in [6, 6.07) is 0. The Morgan fingerprint density at radius 2 is 1.87 bits per heavy atom. The van der Waals surface area contributed by atoms with E-state index in [2.05, 4.69) is 49.7 Å². The lowest BCUT2D eigenvalue weighted by atomic mass is 9.51. The maximum Gasteiger partial charge on any atom is 0.0677 e. The number of fused-ring (bicyclic) bond motifs is 1. The van der Waals surface area contributed by atoms with E-state index in [4.69, 9.17) is 0 Å². The van der Waals surface area contributed by atoms with E-state index in [1.807, 2.05) is 6.92 Å². The van der Waals surface area contributed by atoms with Crippen LogP contribution in [0.25, 0.3) is 0 Å². The second-order valence-corrected chi connectivity index (χ2v) is 10.1. The van der Waals surface area contributed by atoms with Crippen LogP contribution in [0.4, 0.5) is 0 Å². The largest absolute Gasteiger partial charge is 0.390 e. The first-order chi connectivity index (χ1) is 10.5. The first-order valence-corrected chi connectivity index (χ1v) is 10.1. The molecule has 3 heteroatoms. The second kappa shape index (κ2) is 6.80. The van der Waals surface area contributed by atoms with Crippen molar-refractivity contribution in [2.75, 3.05) is 0 Å². The van der Waals surface area contributed by atoms with Gasteiger partial charge in [-0.05, 0) is 83.0 Å². The van der Waals surface area contributed by atoms with Crippen molar-refractivity contribution in [1.29, 1.82) is 0 Å². The maximum atomic E-state index is 11.3. The third kappa shape index (κ3) is 3.88. The van der Waals surface area contributed by atoms with Crippen LogP contribution >= 0.6 is 15.9 Å². The molecule has 2 nitrogen and oxygen atoms in total. The summed E-state index contributed by atoms with van der Waals surface area (Å²) in [5, 5.41) is 22.3. The highest BCUT2D eigenvalue weighted by molar-refractivity contribution is 9.09. The number of hydrogen-bond donors (Lipinski definition) is 2. The highest BCUT2D eigenvalue weighted by atomic mass is 79.9. The molecule has 2 N–H and O–H groups in total. The van der Waals surface area contributed by atoms with Crippen molar-refractivity contribution in [2.45, 2.75) is 95.6 Å². The molecule has 2 saturated carbocycles. The Morgan fingerprint density at radius 3 is 2.48 bits per heavy atom. The number of hydrogen-bond acceptors (Lipinski definition) is 2. The number of halogens is 1. The molecular weight excluding hydrogens is 352 g/mol. The normalized spacial score (nSPS) is 45.2. The maximum absolute atomic E-state index is 11.3.